The first-order valence-electron chi connectivity index (χ1n) is 6.73. The molecule has 22 heavy (non-hydrogen) atoms. The van der Waals surface area contributed by atoms with Gasteiger partial charge in [0.2, 0.25) is 5.91 Å². The third kappa shape index (κ3) is 4.61. The molecular weight excluding hydrogens is 320 g/mol. The number of hydrogen-bond acceptors (Lipinski definition) is 5. The SMILES string of the molecule is Cc1cc(N)nc(SCC(=O)NC(C)c2ccccc2Cl)n1. The van der Waals surface area contributed by atoms with Crippen LogP contribution in [0.5, 0.6) is 0 Å². The van der Waals surface area contributed by atoms with Crippen molar-refractivity contribution in [3.8, 4) is 0 Å². The number of thioether (sulfide) groups is 1. The van der Waals surface area contributed by atoms with E-state index in [9.17, 15) is 4.79 Å². The number of halogens is 1. The van der Waals surface area contributed by atoms with Gasteiger partial charge < -0.3 is 11.1 Å². The molecule has 0 radical (unpaired) electrons. The minimum atomic E-state index is -0.162. The van der Waals surface area contributed by atoms with Crippen LogP contribution in [0.4, 0.5) is 5.82 Å². The molecule has 116 valence electrons. The zero-order valence-electron chi connectivity index (χ0n) is 12.3. The highest BCUT2D eigenvalue weighted by atomic mass is 35.5. The summed E-state index contributed by atoms with van der Waals surface area (Å²) in [4.78, 5) is 20.3. The molecule has 0 bridgehead atoms. The number of nitrogens with one attached hydrogen (secondary N) is 1. The van der Waals surface area contributed by atoms with Gasteiger partial charge in [-0.1, -0.05) is 41.6 Å². The number of nitrogens with two attached hydrogens (primary N) is 1. The molecule has 1 aromatic carbocycles. The summed E-state index contributed by atoms with van der Waals surface area (Å²) < 4.78 is 0. The van der Waals surface area contributed by atoms with Gasteiger partial charge in [0.1, 0.15) is 5.82 Å². The summed E-state index contributed by atoms with van der Waals surface area (Å²) in [5.41, 5.74) is 7.32. The van der Waals surface area contributed by atoms with Crippen LogP contribution in [0.15, 0.2) is 35.5 Å². The van der Waals surface area contributed by atoms with Crippen LogP contribution >= 0.6 is 23.4 Å². The van der Waals surface area contributed by atoms with Crippen LogP contribution in [-0.2, 0) is 4.79 Å². The van der Waals surface area contributed by atoms with Gasteiger partial charge in [0.15, 0.2) is 5.16 Å². The highest BCUT2D eigenvalue weighted by Crippen LogP contribution is 2.22. The number of rotatable bonds is 5. The Balaban J connectivity index is 1.91. The summed E-state index contributed by atoms with van der Waals surface area (Å²) in [5, 5.41) is 4.04. The predicted octanol–water partition coefficient (Wildman–Crippen LogP) is 2.99. The van der Waals surface area contributed by atoms with Crippen LogP contribution in [0.25, 0.3) is 0 Å². The third-order valence-corrected chi connectivity index (χ3v) is 4.13. The molecule has 3 N–H and O–H groups in total. The molecular formula is C15H17ClN4OS. The van der Waals surface area contributed by atoms with Crippen molar-refractivity contribution in [3.63, 3.8) is 0 Å². The van der Waals surface area contributed by atoms with E-state index in [1.807, 2.05) is 32.0 Å². The van der Waals surface area contributed by atoms with E-state index in [-0.39, 0.29) is 17.7 Å². The van der Waals surface area contributed by atoms with Crippen molar-refractivity contribution in [2.45, 2.75) is 25.0 Å². The number of carbonyl (C=O) groups excluding carboxylic acids is 1. The maximum atomic E-state index is 12.0. The molecule has 0 fully saturated rings. The lowest BCUT2D eigenvalue weighted by Gasteiger charge is -2.15. The predicted molar refractivity (Wildman–Crippen MR) is 89.9 cm³/mol. The minimum absolute atomic E-state index is 0.110. The Kier molecular flexibility index (Phi) is 5.63. The van der Waals surface area contributed by atoms with Gasteiger partial charge >= 0.3 is 0 Å². The van der Waals surface area contributed by atoms with Gasteiger partial charge in [0, 0.05) is 16.8 Å². The van der Waals surface area contributed by atoms with Crippen LogP contribution in [0, 0.1) is 6.92 Å². The summed E-state index contributed by atoms with van der Waals surface area (Å²) in [6.45, 7) is 3.73. The smallest absolute Gasteiger partial charge is 0.230 e. The molecule has 5 nitrogen and oxygen atoms in total. The molecule has 2 aromatic rings. The van der Waals surface area contributed by atoms with E-state index in [2.05, 4.69) is 15.3 Å². The lowest BCUT2D eigenvalue weighted by Crippen LogP contribution is -2.28. The fraction of sp³-hybridized carbons (Fsp3) is 0.267. The second-order valence-corrected chi connectivity index (χ2v) is 6.17. The van der Waals surface area contributed by atoms with E-state index in [0.717, 1.165) is 11.3 Å². The molecule has 1 aromatic heterocycles. The lowest BCUT2D eigenvalue weighted by molar-refractivity contribution is -0.119. The van der Waals surface area contributed by atoms with Gasteiger partial charge in [-0.05, 0) is 25.5 Å². The minimum Gasteiger partial charge on any atom is -0.384 e. The molecule has 0 aliphatic rings. The number of benzene rings is 1. The van der Waals surface area contributed by atoms with Crippen LogP contribution in [-0.4, -0.2) is 21.6 Å². The summed E-state index contributed by atoms with van der Waals surface area (Å²) in [5.74, 6) is 0.512. The quantitative estimate of drug-likeness (QED) is 0.648. The van der Waals surface area contributed by atoms with Crippen molar-refractivity contribution in [3.05, 3.63) is 46.6 Å². The second-order valence-electron chi connectivity index (χ2n) is 4.82. The molecule has 0 aliphatic heterocycles. The number of carbonyl (C=O) groups is 1. The number of amides is 1. The average molecular weight is 337 g/mol. The summed E-state index contributed by atoms with van der Waals surface area (Å²) in [7, 11) is 0. The van der Waals surface area contributed by atoms with Crippen molar-refractivity contribution in [2.24, 2.45) is 0 Å². The second kappa shape index (κ2) is 7.47. The molecule has 7 heteroatoms. The van der Waals surface area contributed by atoms with E-state index >= 15 is 0 Å². The van der Waals surface area contributed by atoms with Crippen molar-refractivity contribution in [1.82, 2.24) is 15.3 Å². The van der Waals surface area contributed by atoms with Gasteiger partial charge in [0.05, 0.1) is 11.8 Å². The largest absolute Gasteiger partial charge is 0.384 e. The highest BCUT2D eigenvalue weighted by molar-refractivity contribution is 7.99. The molecule has 1 atom stereocenters. The van der Waals surface area contributed by atoms with E-state index in [1.54, 1.807) is 12.1 Å². The van der Waals surface area contributed by atoms with Crippen molar-refractivity contribution in [1.29, 1.82) is 0 Å². The van der Waals surface area contributed by atoms with E-state index in [0.29, 0.717) is 16.0 Å². The van der Waals surface area contributed by atoms with Crippen LogP contribution < -0.4 is 11.1 Å². The van der Waals surface area contributed by atoms with E-state index in [4.69, 9.17) is 17.3 Å². The van der Waals surface area contributed by atoms with Gasteiger partial charge in [-0.2, -0.15) is 0 Å². The van der Waals surface area contributed by atoms with Crippen LogP contribution in [0.1, 0.15) is 24.2 Å². The van der Waals surface area contributed by atoms with Gasteiger partial charge in [0.25, 0.3) is 0 Å². The van der Waals surface area contributed by atoms with Crippen LogP contribution in [0.3, 0.4) is 0 Å². The zero-order valence-corrected chi connectivity index (χ0v) is 13.9. The zero-order chi connectivity index (χ0) is 16.1. The number of aromatic nitrogens is 2. The van der Waals surface area contributed by atoms with Crippen LogP contribution in [0.2, 0.25) is 5.02 Å². The first kappa shape index (κ1) is 16.6. The summed E-state index contributed by atoms with van der Waals surface area (Å²) in [6, 6.07) is 8.97. The maximum absolute atomic E-state index is 12.0. The molecule has 0 spiro atoms. The molecule has 0 aliphatic carbocycles. The standard InChI is InChI=1S/C15H17ClN4OS/c1-9-7-13(17)20-15(18-9)22-8-14(21)19-10(2)11-5-3-4-6-12(11)16/h3-7,10H,8H2,1-2H3,(H,19,21)(H2,17,18,20). The average Bonchev–Trinajstić information content (AvgIpc) is 2.44. The Hall–Kier alpha value is -1.79. The van der Waals surface area contributed by atoms with Crippen molar-refractivity contribution in [2.75, 3.05) is 11.5 Å². The van der Waals surface area contributed by atoms with E-state index < -0.39 is 0 Å². The number of nitrogen functional groups attached to an aromatic ring is 1. The highest BCUT2D eigenvalue weighted by Gasteiger charge is 2.13. The first-order chi connectivity index (χ1) is 10.5. The van der Waals surface area contributed by atoms with E-state index in [1.165, 1.54) is 11.8 Å². The molecule has 0 saturated heterocycles. The molecule has 1 heterocycles. The topological polar surface area (TPSA) is 80.9 Å². The normalized spacial score (nSPS) is 12.0. The summed E-state index contributed by atoms with van der Waals surface area (Å²) >= 11 is 7.37. The molecule has 2 rings (SSSR count). The number of aryl methyl sites for hydroxylation is 1. The Bertz CT molecular complexity index is 660. The van der Waals surface area contributed by atoms with Gasteiger partial charge in [-0.3, -0.25) is 4.79 Å². The molecule has 1 amide bonds. The third-order valence-electron chi connectivity index (χ3n) is 2.94. The Morgan fingerprint density at radius 3 is 2.82 bits per heavy atom. The number of nitrogens with zero attached hydrogens (tertiary/aromatic N) is 2. The fourth-order valence-corrected chi connectivity index (χ4v) is 2.97. The Labute approximate surface area is 138 Å². The monoisotopic (exact) mass is 336 g/mol. The number of anilines is 1. The van der Waals surface area contributed by atoms with Gasteiger partial charge in [-0.15, -0.1) is 0 Å². The maximum Gasteiger partial charge on any atom is 0.230 e. The molecule has 0 saturated carbocycles. The number of hydrogen-bond donors (Lipinski definition) is 2. The molecule has 1 unspecified atom stereocenters. The Morgan fingerprint density at radius 1 is 1.41 bits per heavy atom. The lowest BCUT2D eigenvalue weighted by atomic mass is 10.1. The summed E-state index contributed by atoms with van der Waals surface area (Å²) in [6.07, 6.45) is 0. The van der Waals surface area contributed by atoms with Gasteiger partial charge in [-0.25, -0.2) is 9.97 Å². The van der Waals surface area contributed by atoms with Crippen molar-refractivity contribution < 1.29 is 4.79 Å². The van der Waals surface area contributed by atoms with Crippen molar-refractivity contribution >= 4 is 35.1 Å². The first-order valence-corrected chi connectivity index (χ1v) is 8.10. The fourth-order valence-electron chi connectivity index (χ4n) is 1.95. The Morgan fingerprint density at radius 2 is 2.14 bits per heavy atom.